The van der Waals surface area contributed by atoms with Crippen LogP contribution < -0.4 is 5.32 Å². The van der Waals surface area contributed by atoms with Crippen LogP contribution in [0.4, 0.5) is 0 Å². The van der Waals surface area contributed by atoms with E-state index in [9.17, 15) is 4.79 Å². The van der Waals surface area contributed by atoms with Crippen molar-refractivity contribution in [3.8, 4) is 0 Å². The maximum absolute atomic E-state index is 11.9. The second-order valence-electron chi connectivity index (χ2n) is 7.07. The van der Waals surface area contributed by atoms with E-state index in [2.05, 4.69) is 32.7 Å². The van der Waals surface area contributed by atoms with Crippen LogP contribution in [0.25, 0.3) is 0 Å². The Balaban J connectivity index is 1.66. The van der Waals surface area contributed by atoms with Crippen molar-refractivity contribution in [3.05, 3.63) is 22.4 Å². The monoisotopic (exact) mass is 348 g/mol. The number of carbonyl (C=O) groups excluding carboxylic acids is 1. The molecule has 0 bridgehead atoms. The first-order chi connectivity index (χ1) is 11.6. The Bertz CT molecular complexity index is 556. The summed E-state index contributed by atoms with van der Waals surface area (Å²) in [4.78, 5) is 21.8. The number of guanidine groups is 1. The normalized spacial score (nSPS) is 23.9. The highest BCUT2D eigenvalue weighted by Gasteiger charge is 2.35. The van der Waals surface area contributed by atoms with E-state index in [4.69, 9.17) is 0 Å². The standard InChI is InChI=1S/C18H28N4OS/c1-21(2)17(23)11-20-18(19-10-16-8-5-9-24-16)22-12-14-6-3-4-7-15(14)13-22/h5,8-9,14-15H,3-4,6-7,10-13H2,1-2H3,(H,19,20). The van der Waals surface area contributed by atoms with Gasteiger partial charge in [0.25, 0.3) is 0 Å². The number of thiophene rings is 1. The third-order valence-corrected chi connectivity index (χ3v) is 6.02. The number of hydrogen-bond donors (Lipinski definition) is 1. The van der Waals surface area contributed by atoms with Gasteiger partial charge in [-0.25, -0.2) is 4.99 Å². The molecule has 1 amide bonds. The first-order valence-electron chi connectivity index (χ1n) is 8.89. The highest BCUT2D eigenvalue weighted by atomic mass is 32.1. The molecule has 1 N–H and O–H groups in total. The summed E-state index contributed by atoms with van der Waals surface area (Å²) in [5.74, 6) is 2.55. The molecule has 1 saturated carbocycles. The molecule has 5 nitrogen and oxygen atoms in total. The van der Waals surface area contributed by atoms with Gasteiger partial charge >= 0.3 is 0 Å². The van der Waals surface area contributed by atoms with Crippen molar-refractivity contribution in [2.75, 3.05) is 33.7 Å². The lowest BCUT2D eigenvalue weighted by Crippen LogP contribution is -2.40. The van der Waals surface area contributed by atoms with Crippen LogP contribution in [0, 0.1) is 11.8 Å². The van der Waals surface area contributed by atoms with Crippen LogP contribution >= 0.6 is 11.3 Å². The van der Waals surface area contributed by atoms with Gasteiger partial charge in [0.2, 0.25) is 5.91 Å². The van der Waals surface area contributed by atoms with Crippen molar-refractivity contribution < 1.29 is 4.79 Å². The van der Waals surface area contributed by atoms with Gasteiger partial charge in [0.15, 0.2) is 5.96 Å². The maximum Gasteiger partial charge on any atom is 0.243 e. The Morgan fingerprint density at radius 2 is 2.04 bits per heavy atom. The van der Waals surface area contributed by atoms with E-state index in [0.717, 1.165) is 37.4 Å². The van der Waals surface area contributed by atoms with E-state index >= 15 is 0 Å². The number of hydrogen-bond acceptors (Lipinski definition) is 3. The number of likely N-dealkylation sites (N-methyl/N-ethyl adjacent to an activating group) is 1. The highest BCUT2D eigenvalue weighted by Crippen LogP contribution is 2.36. The fraction of sp³-hybridized carbons (Fsp3) is 0.667. The van der Waals surface area contributed by atoms with Gasteiger partial charge in [0.05, 0.1) is 6.54 Å². The number of nitrogens with one attached hydrogen (secondary N) is 1. The van der Waals surface area contributed by atoms with Crippen molar-refractivity contribution in [2.45, 2.75) is 32.2 Å². The SMILES string of the molecule is CN(C)C(=O)CN=C(NCc1cccs1)N1CC2CCCCC2C1. The zero-order valence-electron chi connectivity index (χ0n) is 14.7. The predicted octanol–water partition coefficient (Wildman–Crippen LogP) is 2.40. The lowest BCUT2D eigenvalue weighted by Gasteiger charge is -2.22. The van der Waals surface area contributed by atoms with E-state index in [1.165, 1.54) is 30.6 Å². The fourth-order valence-electron chi connectivity index (χ4n) is 3.71. The number of aliphatic imine (C=N–C) groups is 1. The Labute approximate surface area is 148 Å². The summed E-state index contributed by atoms with van der Waals surface area (Å²) in [6, 6.07) is 4.20. The number of amides is 1. The largest absolute Gasteiger partial charge is 0.351 e. The smallest absolute Gasteiger partial charge is 0.243 e. The molecule has 3 rings (SSSR count). The maximum atomic E-state index is 11.9. The van der Waals surface area contributed by atoms with E-state index < -0.39 is 0 Å². The molecule has 0 aromatic carbocycles. The van der Waals surface area contributed by atoms with E-state index in [1.54, 1.807) is 30.3 Å². The van der Waals surface area contributed by atoms with Crippen molar-refractivity contribution in [1.82, 2.24) is 15.1 Å². The minimum atomic E-state index is 0.0436. The van der Waals surface area contributed by atoms with Crippen molar-refractivity contribution in [1.29, 1.82) is 0 Å². The molecule has 24 heavy (non-hydrogen) atoms. The van der Waals surface area contributed by atoms with Gasteiger partial charge in [0.1, 0.15) is 6.54 Å². The van der Waals surface area contributed by atoms with Crippen LogP contribution in [-0.4, -0.2) is 55.4 Å². The Morgan fingerprint density at radius 3 is 2.62 bits per heavy atom. The van der Waals surface area contributed by atoms with E-state index in [-0.39, 0.29) is 12.5 Å². The lowest BCUT2D eigenvalue weighted by atomic mass is 9.82. The molecule has 1 aliphatic heterocycles. The van der Waals surface area contributed by atoms with Gasteiger partial charge < -0.3 is 15.1 Å². The van der Waals surface area contributed by atoms with Crippen LogP contribution in [0.3, 0.4) is 0 Å². The third-order valence-electron chi connectivity index (χ3n) is 5.14. The van der Waals surface area contributed by atoms with Crippen LogP contribution in [0.2, 0.25) is 0 Å². The van der Waals surface area contributed by atoms with Crippen molar-refractivity contribution >= 4 is 23.2 Å². The van der Waals surface area contributed by atoms with Gasteiger partial charge in [-0.3, -0.25) is 4.79 Å². The molecule has 1 aromatic heterocycles. The summed E-state index contributed by atoms with van der Waals surface area (Å²) in [5.41, 5.74) is 0. The quantitative estimate of drug-likeness (QED) is 0.671. The van der Waals surface area contributed by atoms with Gasteiger partial charge in [0, 0.05) is 32.1 Å². The summed E-state index contributed by atoms with van der Waals surface area (Å²) < 4.78 is 0. The summed E-state index contributed by atoms with van der Waals surface area (Å²) in [5, 5.41) is 5.57. The summed E-state index contributed by atoms with van der Waals surface area (Å²) in [6.07, 6.45) is 5.42. The first kappa shape index (κ1) is 17.3. The van der Waals surface area contributed by atoms with Gasteiger partial charge in [-0.05, 0) is 36.1 Å². The molecule has 132 valence electrons. The van der Waals surface area contributed by atoms with Gasteiger partial charge in [-0.2, -0.15) is 0 Å². The molecule has 1 saturated heterocycles. The van der Waals surface area contributed by atoms with Gasteiger partial charge in [-0.15, -0.1) is 11.3 Å². The number of carbonyl (C=O) groups is 1. The topological polar surface area (TPSA) is 47.9 Å². The molecule has 0 radical (unpaired) electrons. The molecular formula is C18H28N4OS. The highest BCUT2D eigenvalue weighted by molar-refractivity contribution is 7.09. The van der Waals surface area contributed by atoms with Gasteiger partial charge in [-0.1, -0.05) is 18.9 Å². The molecule has 2 atom stereocenters. The van der Waals surface area contributed by atoms with E-state index in [0.29, 0.717) is 0 Å². The first-order valence-corrected chi connectivity index (χ1v) is 9.77. The molecule has 1 aromatic rings. The Hall–Kier alpha value is -1.56. The second-order valence-corrected chi connectivity index (χ2v) is 8.10. The molecule has 2 fully saturated rings. The lowest BCUT2D eigenvalue weighted by molar-refractivity contribution is -0.127. The minimum absolute atomic E-state index is 0.0436. The minimum Gasteiger partial charge on any atom is -0.351 e. The summed E-state index contributed by atoms with van der Waals surface area (Å²) in [7, 11) is 3.56. The van der Waals surface area contributed by atoms with Crippen LogP contribution in [0.1, 0.15) is 30.6 Å². The molecule has 0 spiro atoms. The number of rotatable bonds is 4. The molecule has 2 heterocycles. The van der Waals surface area contributed by atoms with Crippen molar-refractivity contribution in [3.63, 3.8) is 0 Å². The molecular weight excluding hydrogens is 320 g/mol. The molecule has 2 unspecified atom stereocenters. The number of nitrogens with zero attached hydrogens (tertiary/aromatic N) is 3. The molecule has 6 heteroatoms. The fourth-order valence-corrected chi connectivity index (χ4v) is 4.35. The van der Waals surface area contributed by atoms with Crippen LogP contribution in [0.5, 0.6) is 0 Å². The number of fused-ring (bicyclic) bond motifs is 1. The summed E-state index contributed by atoms with van der Waals surface area (Å²) >= 11 is 1.75. The zero-order chi connectivity index (χ0) is 16.9. The molecule has 2 aliphatic rings. The second kappa shape index (κ2) is 8.01. The zero-order valence-corrected chi connectivity index (χ0v) is 15.5. The average Bonchev–Trinajstić information content (AvgIpc) is 3.23. The van der Waals surface area contributed by atoms with Crippen LogP contribution in [-0.2, 0) is 11.3 Å². The Morgan fingerprint density at radius 1 is 1.33 bits per heavy atom. The van der Waals surface area contributed by atoms with E-state index in [1.807, 2.05) is 0 Å². The third kappa shape index (κ3) is 4.29. The average molecular weight is 349 g/mol. The number of likely N-dealkylation sites (tertiary alicyclic amines) is 1. The van der Waals surface area contributed by atoms with Crippen LogP contribution in [0.15, 0.2) is 22.5 Å². The van der Waals surface area contributed by atoms with Crippen molar-refractivity contribution in [2.24, 2.45) is 16.8 Å². The Kier molecular flexibility index (Phi) is 5.76. The molecule has 1 aliphatic carbocycles. The predicted molar refractivity (Wildman–Crippen MR) is 99.2 cm³/mol. The summed E-state index contributed by atoms with van der Waals surface area (Å²) in [6.45, 7) is 3.15.